The summed E-state index contributed by atoms with van der Waals surface area (Å²) < 4.78 is 0. The van der Waals surface area contributed by atoms with Crippen molar-refractivity contribution in [1.29, 1.82) is 5.26 Å². The molecule has 0 aromatic carbocycles. The molecule has 2 aliphatic carbocycles. The van der Waals surface area contributed by atoms with Crippen LogP contribution in [-0.4, -0.2) is 35.1 Å². The lowest BCUT2D eigenvalue weighted by atomic mass is 9.97. The first-order valence-electron chi connectivity index (χ1n) is 8.90. The Morgan fingerprint density at radius 3 is 2.33 bits per heavy atom. The van der Waals surface area contributed by atoms with Crippen molar-refractivity contribution in [3.05, 3.63) is 0 Å². The summed E-state index contributed by atoms with van der Waals surface area (Å²) in [7, 11) is 0. The van der Waals surface area contributed by atoms with Gasteiger partial charge in [0.15, 0.2) is 0 Å². The van der Waals surface area contributed by atoms with Gasteiger partial charge >= 0.3 is 0 Å². The molecule has 1 N–H and O–H groups in total. The van der Waals surface area contributed by atoms with Crippen LogP contribution in [0.2, 0.25) is 0 Å². The molecule has 0 aromatic rings. The number of hydrogen-bond acceptors (Lipinski definition) is 3. The second-order valence-corrected chi connectivity index (χ2v) is 7.92. The summed E-state index contributed by atoms with van der Waals surface area (Å²) in [5, 5.41) is 13.2. The SMILES string of the molecule is CC(C)CN(C1CCCC1)C1CCC(C#N)(NC(C)C)C1. The molecule has 3 heteroatoms. The topological polar surface area (TPSA) is 39.1 Å². The van der Waals surface area contributed by atoms with Gasteiger partial charge < -0.3 is 0 Å². The molecule has 0 spiro atoms. The average Bonchev–Trinajstić information content (AvgIpc) is 3.05. The molecule has 2 saturated carbocycles. The Balaban J connectivity index is 2.06. The third kappa shape index (κ3) is 4.20. The molecule has 0 aliphatic heterocycles. The minimum absolute atomic E-state index is 0.285. The van der Waals surface area contributed by atoms with Crippen molar-refractivity contribution in [2.75, 3.05) is 6.54 Å². The highest BCUT2D eigenvalue weighted by Gasteiger charge is 2.43. The predicted octanol–water partition coefficient (Wildman–Crippen LogP) is 3.70. The summed E-state index contributed by atoms with van der Waals surface area (Å²) >= 11 is 0. The molecule has 0 amide bonds. The number of nitrogens with one attached hydrogen (secondary N) is 1. The van der Waals surface area contributed by atoms with Crippen LogP contribution in [0.15, 0.2) is 0 Å². The van der Waals surface area contributed by atoms with Gasteiger partial charge in [0.2, 0.25) is 0 Å². The largest absolute Gasteiger partial charge is 0.297 e. The molecule has 0 radical (unpaired) electrons. The third-order valence-corrected chi connectivity index (χ3v) is 5.11. The van der Waals surface area contributed by atoms with E-state index in [4.69, 9.17) is 0 Å². The monoisotopic (exact) mass is 291 g/mol. The molecule has 2 aliphatic rings. The minimum Gasteiger partial charge on any atom is -0.297 e. The maximum atomic E-state index is 9.68. The maximum absolute atomic E-state index is 9.68. The number of rotatable bonds is 6. The molecule has 21 heavy (non-hydrogen) atoms. The highest BCUT2D eigenvalue weighted by molar-refractivity contribution is 5.14. The zero-order valence-corrected chi connectivity index (χ0v) is 14.4. The van der Waals surface area contributed by atoms with Crippen molar-refractivity contribution in [2.45, 2.75) is 96.3 Å². The highest BCUT2D eigenvalue weighted by Crippen LogP contribution is 2.37. The van der Waals surface area contributed by atoms with Crippen LogP contribution in [0, 0.1) is 17.2 Å². The lowest BCUT2D eigenvalue weighted by Gasteiger charge is -2.36. The number of nitriles is 1. The lowest BCUT2D eigenvalue weighted by Crippen LogP contribution is -2.48. The first kappa shape index (κ1) is 16.8. The van der Waals surface area contributed by atoms with Gasteiger partial charge in [0.05, 0.1) is 6.07 Å². The van der Waals surface area contributed by atoms with Crippen LogP contribution in [0.25, 0.3) is 0 Å². The summed E-state index contributed by atoms with van der Waals surface area (Å²) in [6, 6.07) is 4.35. The number of hydrogen-bond donors (Lipinski definition) is 1. The molecule has 0 aromatic heterocycles. The summed E-state index contributed by atoms with van der Waals surface area (Å²) in [5.74, 6) is 0.709. The second-order valence-electron chi connectivity index (χ2n) is 7.92. The lowest BCUT2D eigenvalue weighted by molar-refractivity contribution is 0.116. The minimum atomic E-state index is -0.285. The normalized spacial score (nSPS) is 30.7. The Morgan fingerprint density at radius 1 is 1.14 bits per heavy atom. The van der Waals surface area contributed by atoms with E-state index >= 15 is 0 Å². The Labute approximate surface area is 131 Å². The van der Waals surface area contributed by atoms with Crippen LogP contribution in [0.3, 0.4) is 0 Å². The molecular formula is C18H33N3. The molecule has 120 valence electrons. The zero-order valence-electron chi connectivity index (χ0n) is 14.4. The summed E-state index contributed by atoms with van der Waals surface area (Å²) in [6.07, 6.45) is 8.69. The smallest absolute Gasteiger partial charge is 0.108 e. The van der Waals surface area contributed by atoms with Crippen molar-refractivity contribution in [2.24, 2.45) is 5.92 Å². The molecule has 2 atom stereocenters. The van der Waals surface area contributed by atoms with Gasteiger partial charge in [0.25, 0.3) is 0 Å². The van der Waals surface area contributed by atoms with Crippen molar-refractivity contribution < 1.29 is 0 Å². The summed E-state index contributed by atoms with van der Waals surface area (Å²) in [5.41, 5.74) is -0.285. The fraction of sp³-hybridized carbons (Fsp3) is 0.944. The third-order valence-electron chi connectivity index (χ3n) is 5.11. The van der Waals surface area contributed by atoms with Crippen molar-refractivity contribution in [1.82, 2.24) is 10.2 Å². The van der Waals surface area contributed by atoms with E-state index in [2.05, 4.69) is 44.0 Å². The van der Waals surface area contributed by atoms with E-state index < -0.39 is 0 Å². The molecule has 0 bridgehead atoms. The van der Waals surface area contributed by atoms with Crippen LogP contribution in [0.5, 0.6) is 0 Å². The quantitative estimate of drug-likeness (QED) is 0.811. The zero-order chi connectivity index (χ0) is 15.5. The second kappa shape index (κ2) is 7.11. The van der Waals surface area contributed by atoms with Crippen LogP contribution >= 0.6 is 0 Å². The van der Waals surface area contributed by atoms with E-state index in [-0.39, 0.29) is 5.54 Å². The van der Waals surface area contributed by atoms with E-state index in [1.54, 1.807) is 0 Å². The number of nitrogens with zero attached hydrogens (tertiary/aromatic N) is 2. The Kier molecular flexibility index (Phi) is 5.68. The van der Waals surface area contributed by atoms with E-state index in [1.807, 2.05) is 0 Å². The molecule has 0 saturated heterocycles. The fourth-order valence-electron chi connectivity index (χ4n) is 4.37. The Hall–Kier alpha value is -0.590. The molecule has 2 fully saturated rings. The predicted molar refractivity (Wildman–Crippen MR) is 88.1 cm³/mol. The van der Waals surface area contributed by atoms with E-state index in [1.165, 1.54) is 38.6 Å². The van der Waals surface area contributed by atoms with Crippen LogP contribution in [0.4, 0.5) is 0 Å². The Morgan fingerprint density at radius 2 is 1.81 bits per heavy atom. The van der Waals surface area contributed by atoms with Crippen molar-refractivity contribution in [3.8, 4) is 6.07 Å². The highest BCUT2D eigenvalue weighted by atomic mass is 15.2. The van der Waals surface area contributed by atoms with Crippen molar-refractivity contribution in [3.63, 3.8) is 0 Å². The van der Waals surface area contributed by atoms with Crippen LogP contribution < -0.4 is 5.32 Å². The van der Waals surface area contributed by atoms with Crippen LogP contribution in [0.1, 0.15) is 72.6 Å². The average molecular weight is 291 g/mol. The van der Waals surface area contributed by atoms with Gasteiger partial charge in [0.1, 0.15) is 5.54 Å². The summed E-state index contributed by atoms with van der Waals surface area (Å²) in [4.78, 5) is 2.76. The molecule has 0 heterocycles. The van der Waals surface area contributed by atoms with Gasteiger partial charge in [-0.1, -0.05) is 26.7 Å². The van der Waals surface area contributed by atoms with E-state index in [9.17, 15) is 5.26 Å². The van der Waals surface area contributed by atoms with Gasteiger partial charge in [0, 0.05) is 24.7 Å². The maximum Gasteiger partial charge on any atom is 0.108 e. The van der Waals surface area contributed by atoms with Crippen molar-refractivity contribution >= 4 is 0 Å². The van der Waals surface area contributed by atoms with Gasteiger partial charge in [-0.05, 0) is 51.9 Å². The van der Waals surface area contributed by atoms with E-state index in [0.29, 0.717) is 18.0 Å². The molecule has 2 rings (SSSR count). The molecule has 2 unspecified atom stereocenters. The van der Waals surface area contributed by atoms with Gasteiger partial charge in [-0.15, -0.1) is 0 Å². The first-order chi connectivity index (χ1) is 9.96. The van der Waals surface area contributed by atoms with Gasteiger partial charge in [-0.2, -0.15) is 5.26 Å². The first-order valence-corrected chi connectivity index (χ1v) is 8.90. The summed E-state index contributed by atoms with van der Waals surface area (Å²) in [6.45, 7) is 10.1. The van der Waals surface area contributed by atoms with Gasteiger partial charge in [-0.3, -0.25) is 10.2 Å². The van der Waals surface area contributed by atoms with E-state index in [0.717, 1.165) is 18.9 Å². The molecule has 3 nitrogen and oxygen atoms in total. The Bertz CT molecular complexity index is 365. The fourth-order valence-corrected chi connectivity index (χ4v) is 4.37. The standard InChI is InChI=1S/C18H33N3/c1-14(2)12-21(16-7-5-6-8-16)17-9-10-18(11-17,13-19)20-15(3)4/h14-17,20H,5-12H2,1-4H3. The van der Waals surface area contributed by atoms with Gasteiger partial charge in [-0.25, -0.2) is 0 Å². The van der Waals surface area contributed by atoms with Crippen LogP contribution in [-0.2, 0) is 0 Å². The molecular weight excluding hydrogens is 258 g/mol.